The van der Waals surface area contributed by atoms with Gasteiger partial charge in [0.2, 0.25) is 0 Å². The van der Waals surface area contributed by atoms with Gasteiger partial charge < -0.3 is 5.11 Å². The van der Waals surface area contributed by atoms with E-state index >= 15 is 0 Å². The van der Waals surface area contributed by atoms with Crippen molar-refractivity contribution in [3.8, 4) is 0 Å². The summed E-state index contributed by atoms with van der Waals surface area (Å²) in [5.74, 6) is -2.15. The smallest absolute Gasteiger partial charge is 0.307 e. The van der Waals surface area contributed by atoms with Gasteiger partial charge >= 0.3 is 5.97 Å². The van der Waals surface area contributed by atoms with Gasteiger partial charge in [-0.25, -0.2) is 8.78 Å². The molecule has 1 aromatic carbocycles. The summed E-state index contributed by atoms with van der Waals surface area (Å²) in [5, 5.41) is 8.30. The van der Waals surface area contributed by atoms with Crippen LogP contribution in [-0.2, 0) is 4.79 Å². The number of carbonyl (C=O) groups is 1. The fourth-order valence-corrected chi connectivity index (χ4v) is 0.929. The molecule has 0 atom stereocenters. The quantitative estimate of drug-likeness (QED) is 0.809. The summed E-state index contributed by atoms with van der Waals surface area (Å²) in [6, 6.07) is 3.01. The zero-order valence-corrected chi connectivity index (χ0v) is 7.21. The first-order valence-corrected chi connectivity index (χ1v) is 3.93. The standard InChI is InChI=1S/C10H8F2O2/c11-8-4-5-9(12)7(6-8)2-1-3-10(13)14/h1-2,4-6H,3H2,(H,13,14). The Labute approximate surface area is 79.5 Å². The lowest BCUT2D eigenvalue weighted by atomic mass is 10.2. The SMILES string of the molecule is O=C(O)CC=Cc1cc(F)ccc1F. The number of hydrogen-bond donors (Lipinski definition) is 1. The molecular weight excluding hydrogens is 190 g/mol. The predicted octanol–water partition coefficient (Wildman–Crippen LogP) is 2.45. The third-order valence-corrected chi connectivity index (χ3v) is 1.55. The van der Waals surface area contributed by atoms with Crippen LogP contribution in [0.25, 0.3) is 6.08 Å². The lowest BCUT2D eigenvalue weighted by Gasteiger charge is -1.95. The molecule has 74 valence electrons. The van der Waals surface area contributed by atoms with Crippen LogP contribution in [-0.4, -0.2) is 11.1 Å². The molecule has 0 saturated heterocycles. The van der Waals surface area contributed by atoms with Crippen LogP contribution in [0.3, 0.4) is 0 Å². The number of aliphatic carboxylic acids is 1. The van der Waals surface area contributed by atoms with Crippen LogP contribution < -0.4 is 0 Å². The molecule has 1 rings (SSSR count). The molecule has 0 aliphatic rings. The van der Waals surface area contributed by atoms with Crippen molar-refractivity contribution in [2.75, 3.05) is 0 Å². The molecule has 1 N–H and O–H groups in total. The summed E-state index contributed by atoms with van der Waals surface area (Å²) in [5.41, 5.74) is 0.0475. The highest BCUT2D eigenvalue weighted by Gasteiger charge is 1.99. The summed E-state index contributed by atoms with van der Waals surface area (Å²) in [6.45, 7) is 0. The maximum Gasteiger partial charge on any atom is 0.307 e. The first-order valence-electron chi connectivity index (χ1n) is 3.93. The Balaban J connectivity index is 2.80. The van der Waals surface area contributed by atoms with E-state index in [4.69, 9.17) is 5.11 Å². The van der Waals surface area contributed by atoms with Gasteiger partial charge in [0.15, 0.2) is 0 Å². The van der Waals surface area contributed by atoms with E-state index in [1.165, 1.54) is 12.2 Å². The van der Waals surface area contributed by atoms with E-state index in [1.54, 1.807) is 0 Å². The van der Waals surface area contributed by atoms with Crippen LogP contribution in [0.1, 0.15) is 12.0 Å². The summed E-state index contributed by atoms with van der Waals surface area (Å²) in [6.07, 6.45) is 2.29. The number of carboxylic acids is 1. The van der Waals surface area contributed by atoms with Crippen LogP contribution in [0.4, 0.5) is 8.78 Å². The van der Waals surface area contributed by atoms with Crippen molar-refractivity contribution in [1.82, 2.24) is 0 Å². The molecule has 0 bridgehead atoms. The van der Waals surface area contributed by atoms with E-state index < -0.39 is 17.6 Å². The van der Waals surface area contributed by atoms with Crippen molar-refractivity contribution in [2.45, 2.75) is 6.42 Å². The second-order valence-corrected chi connectivity index (χ2v) is 2.67. The Kier molecular flexibility index (Phi) is 3.34. The maximum atomic E-state index is 12.9. The van der Waals surface area contributed by atoms with Gasteiger partial charge in [-0.2, -0.15) is 0 Å². The Bertz CT molecular complexity index is 372. The summed E-state index contributed by atoms with van der Waals surface area (Å²) >= 11 is 0. The Morgan fingerprint density at radius 3 is 2.79 bits per heavy atom. The minimum Gasteiger partial charge on any atom is -0.481 e. The summed E-state index contributed by atoms with van der Waals surface area (Å²) in [4.78, 5) is 10.1. The largest absolute Gasteiger partial charge is 0.481 e. The molecule has 0 aliphatic carbocycles. The third kappa shape index (κ3) is 2.97. The molecule has 4 heteroatoms. The zero-order chi connectivity index (χ0) is 10.6. The molecule has 0 saturated carbocycles. The van der Waals surface area contributed by atoms with Gasteiger partial charge in [0, 0.05) is 5.56 Å². The van der Waals surface area contributed by atoms with Crippen LogP contribution in [0.5, 0.6) is 0 Å². The molecule has 0 aliphatic heterocycles. The highest BCUT2D eigenvalue weighted by molar-refractivity contribution is 5.70. The molecule has 0 amide bonds. The second kappa shape index (κ2) is 4.50. The van der Waals surface area contributed by atoms with Crippen molar-refractivity contribution in [2.24, 2.45) is 0 Å². The Morgan fingerprint density at radius 2 is 2.14 bits per heavy atom. The maximum absolute atomic E-state index is 12.9. The molecule has 2 nitrogen and oxygen atoms in total. The lowest BCUT2D eigenvalue weighted by Crippen LogP contribution is -1.90. The molecule has 0 spiro atoms. The van der Waals surface area contributed by atoms with E-state index in [0.29, 0.717) is 0 Å². The normalized spacial score (nSPS) is 10.7. The molecule has 0 heterocycles. The van der Waals surface area contributed by atoms with Gasteiger partial charge in [-0.05, 0) is 18.2 Å². The predicted molar refractivity (Wildman–Crippen MR) is 47.6 cm³/mol. The van der Waals surface area contributed by atoms with Gasteiger partial charge in [0.05, 0.1) is 6.42 Å². The lowest BCUT2D eigenvalue weighted by molar-refractivity contribution is -0.135. The van der Waals surface area contributed by atoms with Crippen LogP contribution in [0, 0.1) is 11.6 Å². The van der Waals surface area contributed by atoms with E-state index in [0.717, 1.165) is 18.2 Å². The first-order chi connectivity index (χ1) is 6.59. The molecule has 0 radical (unpaired) electrons. The van der Waals surface area contributed by atoms with E-state index in [1.807, 2.05) is 0 Å². The third-order valence-electron chi connectivity index (χ3n) is 1.55. The molecule has 14 heavy (non-hydrogen) atoms. The number of hydrogen-bond acceptors (Lipinski definition) is 1. The van der Waals surface area contributed by atoms with Crippen molar-refractivity contribution >= 4 is 12.0 Å². The number of benzene rings is 1. The van der Waals surface area contributed by atoms with E-state index in [9.17, 15) is 13.6 Å². The topological polar surface area (TPSA) is 37.3 Å². The minimum absolute atomic E-state index is 0.0475. The average molecular weight is 198 g/mol. The molecule has 0 unspecified atom stereocenters. The highest BCUT2D eigenvalue weighted by Crippen LogP contribution is 2.11. The average Bonchev–Trinajstić information content (AvgIpc) is 2.10. The summed E-state index contributed by atoms with van der Waals surface area (Å²) in [7, 11) is 0. The molecule has 0 fully saturated rings. The molecule has 0 aromatic heterocycles. The minimum atomic E-state index is -1.02. The van der Waals surface area contributed by atoms with Gasteiger partial charge in [-0.15, -0.1) is 0 Å². The van der Waals surface area contributed by atoms with Crippen molar-refractivity contribution in [3.63, 3.8) is 0 Å². The van der Waals surface area contributed by atoms with Crippen LogP contribution in [0.2, 0.25) is 0 Å². The number of halogens is 2. The number of rotatable bonds is 3. The molecule has 1 aromatic rings. The van der Waals surface area contributed by atoms with Crippen molar-refractivity contribution < 1.29 is 18.7 Å². The van der Waals surface area contributed by atoms with Gasteiger partial charge in [0.1, 0.15) is 11.6 Å². The van der Waals surface area contributed by atoms with E-state index in [2.05, 4.69) is 0 Å². The fourth-order valence-electron chi connectivity index (χ4n) is 0.929. The second-order valence-electron chi connectivity index (χ2n) is 2.67. The zero-order valence-electron chi connectivity index (χ0n) is 7.21. The van der Waals surface area contributed by atoms with Crippen LogP contribution in [0.15, 0.2) is 24.3 Å². The van der Waals surface area contributed by atoms with Gasteiger partial charge in [0.25, 0.3) is 0 Å². The highest BCUT2D eigenvalue weighted by atomic mass is 19.1. The van der Waals surface area contributed by atoms with Crippen LogP contribution >= 0.6 is 0 Å². The number of carboxylic acid groups (broad SMARTS) is 1. The van der Waals surface area contributed by atoms with Crippen molar-refractivity contribution in [3.05, 3.63) is 41.5 Å². The Morgan fingerprint density at radius 1 is 1.43 bits per heavy atom. The van der Waals surface area contributed by atoms with Gasteiger partial charge in [-0.1, -0.05) is 12.2 Å². The molecular formula is C10H8F2O2. The van der Waals surface area contributed by atoms with Gasteiger partial charge in [-0.3, -0.25) is 4.79 Å². The Hall–Kier alpha value is -1.71. The monoisotopic (exact) mass is 198 g/mol. The summed E-state index contributed by atoms with van der Waals surface area (Å²) < 4.78 is 25.5. The fraction of sp³-hybridized carbons (Fsp3) is 0.100. The van der Waals surface area contributed by atoms with E-state index in [-0.39, 0.29) is 12.0 Å². The van der Waals surface area contributed by atoms with Crippen molar-refractivity contribution in [1.29, 1.82) is 0 Å². The first kappa shape index (κ1) is 10.4.